The molecule has 0 aromatic heterocycles. The number of rotatable bonds is 6. The van der Waals surface area contributed by atoms with Gasteiger partial charge < -0.3 is 16.0 Å². The highest BCUT2D eigenvalue weighted by molar-refractivity contribution is 14.0. The quantitative estimate of drug-likeness (QED) is 0.312. The zero-order valence-corrected chi connectivity index (χ0v) is 19.1. The van der Waals surface area contributed by atoms with Crippen LogP contribution >= 0.6 is 24.0 Å². The smallest absolute Gasteiger partial charge is 0.223 e. The summed E-state index contributed by atoms with van der Waals surface area (Å²) in [6.45, 7) is 6.56. The third kappa shape index (κ3) is 7.89. The van der Waals surface area contributed by atoms with Crippen molar-refractivity contribution >= 4 is 35.8 Å². The molecule has 1 aromatic rings. The molecule has 1 aromatic carbocycles. The fourth-order valence-corrected chi connectivity index (χ4v) is 3.30. The highest BCUT2D eigenvalue weighted by Crippen LogP contribution is 2.24. The first-order valence-electron chi connectivity index (χ1n) is 9.68. The summed E-state index contributed by atoms with van der Waals surface area (Å²) in [7, 11) is 0. The molecule has 0 saturated heterocycles. The average molecular weight is 508 g/mol. The lowest BCUT2D eigenvalue weighted by molar-refractivity contribution is -0.126. The van der Waals surface area contributed by atoms with Gasteiger partial charge in [-0.2, -0.15) is 0 Å². The van der Waals surface area contributed by atoms with Crippen LogP contribution in [0.3, 0.4) is 0 Å². The van der Waals surface area contributed by atoms with Crippen molar-refractivity contribution in [1.29, 1.82) is 0 Å². The lowest BCUT2D eigenvalue weighted by atomic mass is 9.85. The maximum atomic E-state index is 13.8. The van der Waals surface area contributed by atoms with E-state index in [0.717, 1.165) is 43.9 Å². The molecule has 158 valence electrons. The second-order valence-electron chi connectivity index (χ2n) is 7.30. The molecule has 2 unspecified atom stereocenters. The van der Waals surface area contributed by atoms with Crippen molar-refractivity contribution in [1.82, 2.24) is 16.0 Å². The number of hydrogen-bond donors (Lipinski definition) is 3. The number of carbonyl (C=O) groups is 1. The van der Waals surface area contributed by atoms with Gasteiger partial charge in [0, 0.05) is 30.1 Å². The predicted molar refractivity (Wildman–Crippen MR) is 119 cm³/mol. The van der Waals surface area contributed by atoms with Crippen molar-refractivity contribution in [3.63, 3.8) is 0 Å². The number of nitrogens with zero attached hydrogens (tertiary/aromatic N) is 1. The first-order chi connectivity index (χ1) is 12.9. The summed E-state index contributed by atoms with van der Waals surface area (Å²) in [4.78, 5) is 16.7. The minimum absolute atomic E-state index is 0. The monoisotopic (exact) mass is 508 g/mol. The Balaban J connectivity index is 0.00000392. The Bertz CT molecular complexity index is 670. The lowest BCUT2D eigenvalue weighted by Crippen LogP contribution is -2.47. The summed E-state index contributed by atoms with van der Waals surface area (Å²) >= 11 is 0. The molecule has 8 heteroatoms. The van der Waals surface area contributed by atoms with Crippen LogP contribution in [0.5, 0.6) is 0 Å². The Labute approximate surface area is 183 Å². The zero-order chi connectivity index (χ0) is 19.8. The van der Waals surface area contributed by atoms with Crippen molar-refractivity contribution in [2.75, 3.05) is 6.54 Å². The zero-order valence-electron chi connectivity index (χ0n) is 16.7. The molecule has 2 rings (SSSR count). The molecule has 1 saturated carbocycles. The van der Waals surface area contributed by atoms with Gasteiger partial charge in [0.1, 0.15) is 11.6 Å². The van der Waals surface area contributed by atoms with Gasteiger partial charge >= 0.3 is 0 Å². The molecule has 1 aliphatic carbocycles. The molecule has 0 radical (unpaired) electrons. The molecule has 3 N–H and O–H groups in total. The van der Waals surface area contributed by atoms with Crippen molar-refractivity contribution in [2.24, 2.45) is 10.9 Å². The Hall–Kier alpha value is -1.45. The van der Waals surface area contributed by atoms with E-state index in [1.54, 1.807) is 0 Å². The first kappa shape index (κ1) is 24.6. The van der Waals surface area contributed by atoms with Gasteiger partial charge in [-0.25, -0.2) is 13.8 Å². The van der Waals surface area contributed by atoms with Gasteiger partial charge in [0.2, 0.25) is 5.91 Å². The first-order valence-corrected chi connectivity index (χ1v) is 9.68. The van der Waals surface area contributed by atoms with E-state index in [2.05, 4.69) is 20.9 Å². The van der Waals surface area contributed by atoms with E-state index in [1.807, 2.05) is 20.8 Å². The Morgan fingerprint density at radius 1 is 1.29 bits per heavy atom. The summed E-state index contributed by atoms with van der Waals surface area (Å²) in [6.07, 6.45) is 3.53. The highest BCUT2D eigenvalue weighted by Gasteiger charge is 2.28. The van der Waals surface area contributed by atoms with Crippen LogP contribution in [-0.4, -0.2) is 30.5 Å². The summed E-state index contributed by atoms with van der Waals surface area (Å²) in [5.74, 6) is -0.316. The van der Waals surface area contributed by atoms with Gasteiger partial charge in [0.25, 0.3) is 0 Å². The summed E-state index contributed by atoms with van der Waals surface area (Å²) in [5, 5.41) is 9.45. The Morgan fingerprint density at radius 3 is 2.71 bits per heavy atom. The number of amides is 1. The maximum Gasteiger partial charge on any atom is 0.223 e. The summed E-state index contributed by atoms with van der Waals surface area (Å²) in [5.41, 5.74) is 0.213. The lowest BCUT2D eigenvalue weighted by Gasteiger charge is -2.30. The van der Waals surface area contributed by atoms with Gasteiger partial charge in [0.05, 0.1) is 6.54 Å². The predicted octanol–water partition coefficient (Wildman–Crippen LogP) is 3.72. The topological polar surface area (TPSA) is 65.5 Å². The summed E-state index contributed by atoms with van der Waals surface area (Å²) < 4.78 is 27.1. The molecule has 2 atom stereocenters. The van der Waals surface area contributed by atoms with Crippen molar-refractivity contribution < 1.29 is 13.6 Å². The van der Waals surface area contributed by atoms with E-state index in [1.165, 1.54) is 0 Å². The highest BCUT2D eigenvalue weighted by atomic mass is 127. The molecule has 5 nitrogen and oxygen atoms in total. The molecule has 1 aliphatic rings. The van der Waals surface area contributed by atoms with Gasteiger partial charge in [-0.1, -0.05) is 6.42 Å². The third-order valence-electron chi connectivity index (χ3n) is 4.58. The Morgan fingerprint density at radius 2 is 2.04 bits per heavy atom. The van der Waals surface area contributed by atoms with Crippen LogP contribution in [0.25, 0.3) is 0 Å². The number of hydrogen-bond acceptors (Lipinski definition) is 2. The van der Waals surface area contributed by atoms with Crippen molar-refractivity contribution in [3.05, 3.63) is 35.4 Å². The molecule has 1 fully saturated rings. The van der Waals surface area contributed by atoms with Crippen LogP contribution in [0.1, 0.15) is 52.0 Å². The van der Waals surface area contributed by atoms with E-state index in [4.69, 9.17) is 0 Å². The normalized spacial score (nSPS) is 19.7. The molecular formula is C20H31F2IN4O. The van der Waals surface area contributed by atoms with Crippen LogP contribution in [0, 0.1) is 17.6 Å². The fraction of sp³-hybridized carbons (Fsp3) is 0.600. The number of aliphatic imine (C=N–C) groups is 1. The van der Waals surface area contributed by atoms with Crippen LogP contribution in [0.2, 0.25) is 0 Å². The molecule has 1 amide bonds. The van der Waals surface area contributed by atoms with Gasteiger partial charge in [-0.15, -0.1) is 24.0 Å². The minimum atomic E-state index is -0.481. The molecule has 0 bridgehead atoms. The minimum Gasteiger partial charge on any atom is -0.357 e. The number of nitrogens with one attached hydrogen (secondary N) is 3. The second kappa shape index (κ2) is 12.2. The SMILES string of the molecule is CCNC(=NCc1cc(F)ccc1F)NC1CCCC(C(=O)NC(C)C)C1.I. The van der Waals surface area contributed by atoms with E-state index in [9.17, 15) is 13.6 Å². The van der Waals surface area contributed by atoms with Gasteiger partial charge in [-0.3, -0.25) is 4.79 Å². The van der Waals surface area contributed by atoms with Crippen LogP contribution in [0.4, 0.5) is 8.78 Å². The maximum absolute atomic E-state index is 13.8. The molecular weight excluding hydrogens is 477 g/mol. The van der Waals surface area contributed by atoms with Crippen LogP contribution in [0.15, 0.2) is 23.2 Å². The van der Waals surface area contributed by atoms with Crippen LogP contribution < -0.4 is 16.0 Å². The summed E-state index contributed by atoms with van der Waals surface area (Å²) in [6, 6.07) is 3.62. The number of benzene rings is 1. The van der Waals surface area contributed by atoms with E-state index in [0.29, 0.717) is 12.5 Å². The Kier molecular flexibility index (Phi) is 10.7. The van der Waals surface area contributed by atoms with Crippen molar-refractivity contribution in [2.45, 2.75) is 65.1 Å². The van der Waals surface area contributed by atoms with E-state index >= 15 is 0 Å². The molecule has 0 heterocycles. The average Bonchev–Trinajstić information content (AvgIpc) is 2.62. The van der Waals surface area contributed by atoms with E-state index < -0.39 is 11.6 Å². The second-order valence-corrected chi connectivity index (χ2v) is 7.30. The molecule has 0 aliphatic heterocycles. The van der Waals surface area contributed by atoms with Crippen LogP contribution in [-0.2, 0) is 11.3 Å². The molecule has 0 spiro atoms. The van der Waals surface area contributed by atoms with Crippen molar-refractivity contribution in [3.8, 4) is 0 Å². The standard InChI is InChI=1S/C20H30F2N4O.HI/c1-4-23-20(24-12-15-10-16(21)8-9-18(15)22)26-17-7-5-6-14(11-17)19(27)25-13(2)3;/h8-10,13-14,17H,4-7,11-12H2,1-3H3,(H,25,27)(H2,23,24,26);1H. The molecule has 28 heavy (non-hydrogen) atoms. The number of carbonyl (C=O) groups excluding carboxylic acids is 1. The van der Waals surface area contributed by atoms with E-state index in [-0.39, 0.29) is 60.0 Å². The van der Waals surface area contributed by atoms with Gasteiger partial charge in [-0.05, 0) is 58.2 Å². The largest absolute Gasteiger partial charge is 0.357 e. The van der Waals surface area contributed by atoms with Gasteiger partial charge in [0.15, 0.2) is 5.96 Å². The number of guanidine groups is 1. The third-order valence-corrected chi connectivity index (χ3v) is 4.58. The fourth-order valence-electron chi connectivity index (χ4n) is 3.30. The number of halogens is 3.